The van der Waals surface area contributed by atoms with Gasteiger partial charge in [-0.15, -0.1) is 18.3 Å². The summed E-state index contributed by atoms with van der Waals surface area (Å²) in [6, 6.07) is 11.1. The summed E-state index contributed by atoms with van der Waals surface area (Å²) in [5.41, 5.74) is 0.437. The van der Waals surface area contributed by atoms with Crippen molar-refractivity contribution in [3.8, 4) is 17.2 Å². The summed E-state index contributed by atoms with van der Waals surface area (Å²) in [7, 11) is 0. The molecule has 13 heteroatoms. The van der Waals surface area contributed by atoms with Crippen LogP contribution in [-0.2, 0) is 4.74 Å². The highest BCUT2D eigenvalue weighted by atomic mass is 19.4. The number of rotatable bonds is 9. The van der Waals surface area contributed by atoms with Crippen LogP contribution in [0.4, 0.5) is 29.7 Å². The van der Waals surface area contributed by atoms with Gasteiger partial charge in [0, 0.05) is 23.4 Å². The molecule has 1 aromatic heterocycles. The molecule has 1 aliphatic rings. The number of hydrogen-bond acceptors (Lipinski definition) is 8. The van der Waals surface area contributed by atoms with Crippen LogP contribution in [0.1, 0.15) is 56.8 Å². The molecule has 3 aromatic rings. The van der Waals surface area contributed by atoms with E-state index in [4.69, 9.17) is 9.15 Å². The Balaban J connectivity index is 1.40. The number of amides is 2. The van der Waals surface area contributed by atoms with Gasteiger partial charge in [0.2, 0.25) is 5.89 Å². The van der Waals surface area contributed by atoms with Crippen LogP contribution in [0.15, 0.2) is 52.9 Å². The van der Waals surface area contributed by atoms with E-state index in [9.17, 15) is 22.8 Å². The third-order valence-electron chi connectivity index (χ3n) is 6.30. The van der Waals surface area contributed by atoms with Gasteiger partial charge in [-0.2, -0.15) is 0 Å². The van der Waals surface area contributed by atoms with Crippen LogP contribution in [0.3, 0.4) is 0 Å². The first-order valence-electron chi connectivity index (χ1n) is 13.7. The maximum atomic E-state index is 13.0. The van der Waals surface area contributed by atoms with Crippen LogP contribution in [0.25, 0.3) is 11.5 Å². The molecule has 0 aliphatic carbocycles. The molecule has 2 heterocycles. The fraction of sp³-hybridized carbons (Fsp3) is 0.448. The highest BCUT2D eigenvalue weighted by Crippen LogP contribution is 2.26. The number of halogens is 3. The van der Waals surface area contributed by atoms with E-state index in [2.05, 4.69) is 25.2 Å². The number of ether oxygens (including phenoxy) is 2. The molecule has 0 unspecified atom stereocenters. The lowest BCUT2D eigenvalue weighted by atomic mass is 10.1. The van der Waals surface area contributed by atoms with Crippen LogP contribution < -0.4 is 15.0 Å². The first-order valence-corrected chi connectivity index (χ1v) is 13.7. The minimum atomic E-state index is -4.81. The Morgan fingerprint density at radius 2 is 1.64 bits per heavy atom. The van der Waals surface area contributed by atoms with Gasteiger partial charge < -0.3 is 24.1 Å². The molecule has 226 valence electrons. The van der Waals surface area contributed by atoms with Crippen LogP contribution in [0.5, 0.6) is 5.75 Å². The monoisotopic (exact) mass is 589 g/mol. The van der Waals surface area contributed by atoms with Gasteiger partial charge in [-0.25, -0.2) is 9.69 Å². The molecule has 0 saturated carbocycles. The lowest BCUT2D eigenvalue weighted by Gasteiger charge is -2.28. The quantitative estimate of drug-likeness (QED) is 0.301. The second-order valence-electron chi connectivity index (χ2n) is 10.9. The van der Waals surface area contributed by atoms with Gasteiger partial charge >= 0.3 is 18.5 Å². The molecule has 4 rings (SSSR count). The molecule has 0 radical (unpaired) electrons. The van der Waals surface area contributed by atoms with Crippen molar-refractivity contribution in [1.82, 2.24) is 15.1 Å². The summed E-state index contributed by atoms with van der Waals surface area (Å²) in [6.45, 7) is 8.66. The van der Waals surface area contributed by atoms with Gasteiger partial charge in [0.1, 0.15) is 11.4 Å². The number of alkyl halides is 3. The van der Waals surface area contributed by atoms with Gasteiger partial charge in [0.25, 0.3) is 5.91 Å². The smallest absolute Gasteiger partial charge is 0.443 e. The Hall–Kier alpha value is -4.13. The number of hydrogen-bond donors (Lipinski definition) is 1. The Morgan fingerprint density at radius 3 is 2.26 bits per heavy atom. The molecule has 1 N–H and O–H groups in total. The van der Waals surface area contributed by atoms with Crippen molar-refractivity contribution >= 4 is 23.7 Å². The summed E-state index contributed by atoms with van der Waals surface area (Å²) in [5, 5.41) is 10.9. The van der Waals surface area contributed by atoms with Crippen LogP contribution in [0.2, 0.25) is 0 Å². The first kappa shape index (κ1) is 30.8. The summed E-state index contributed by atoms with van der Waals surface area (Å²) in [6.07, 6.45) is -1.07. The summed E-state index contributed by atoms with van der Waals surface area (Å²) in [4.78, 5) is 29.3. The molecule has 0 spiro atoms. The number of carbonyl (C=O) groups is 2. The number of nitrogens with zero attached hydrogens (tertiary/aromatic N) is 4. The Kier molecular flexibility index (Phi) is 9.71. The van der Waals surface area contributed by atoms with E-state index in [1.165, 1.54) is 36.3 Å². The zero-order chi connectivity index (χ0) is 30.3. The molecule has 1 saturated heterocycles. The van der Waals surface area contributed by atoms with Crippen molar-refractivity contribution < 1.29 is 36.7 Å². The molecular weight excluding hydrogens is 555 g/mol. The largest absolute Gasteiger partial charge is 0.573 e. The van der Waals surface area contributed by atoms with E-state index in [0.717, 1.165) is 31.8 Å². The SMILES string of the molecule is CC(C)(C)OC(=O)N(CCCN1CCCCC1)c1nnc(-c2ccc(NC(=O)c3ccc(OC(F)(F)F)cc3)cc2)o1. The number of likely N-dealkylation sites (tertiary alicyclic amines) is 1. The van der Waals surface area contributed by atoms with Crippen molar-refractivity contribution in [2.75, 3.05) is 36.4 Å². The van der Waals surface area contributed by atoms with Gasteiger partial charge in [-0.3, -0.25) is 4.79 Å². The summed E-state index contributed by atoms with van der Waals surface area (Å²) in [5.74, 6) is -0.763. The molecule has 1 fully saturated rings. The van der Waals surface area contributed by atoms with Gasteiger partial charge in [0.05, 0.1) is 0 Å². The molecule has 1 aliphatic heterocycles. The van der Waals surface area contributed by atoms with Crippen LogP contribution in [0, 0.1) is 0 Å². The number of anilines is 2. The Morgan fingerprint density at radius 1 is 0.976 bits per heavy atom. The number of aromatic nitrogens is 2. The second-order valence-corrected chi connectivity index (χ2v) is 10.9. The summed E-state index contributed by atoms with van der Waals surface area (Å²) >= 11 is 0. The van der Waals surface area contributed by atoms with Gasteiger partial charge in [-0.05, 0) is 108 Å². The van der Waals surface area contributed by atoms with E-state index in [1.54, 1.807) is 45.0 Å². The topological polar surface area (TPSA) is 110 Å². The van der Waals surface area contributed by atoms with Crippen molar-refractivity contribution in [2.24, 2.45) is 0 Å². The van der Waals surface area contributed by atoms with Crippen molar-refractivity contribution in [3.63, 3.8) is 0 Å². The zero-order valence-corrected chi connectivity index (χ0v) is 23.7. The second kappa shape index (κ2) is 13.2. The normalized spacial score (nSPS) is 14.3. The van der Waals surface area contributed by atoms with E-state index in [-0.39, 0.29) is 17.5 Å². The van der Waals surface area contributed by atoms with Gasteiger partial charge in [-0.1, -0.05) is 11.5 Å². The highest BCUT2D eigenvalue weighted by Gasteiger charge is 2.31. The van der Waals surface area contributed by atoms with Crippen molar-refractivity contribution in [1.29, 1.82) is 0 Å². The maximum Gasteiger partial charge on any atom is 0.573 e. The summed E-state index contributed by atoms with van der Waals surface area (Å²) < 4.78 is 52.3. The predicted molar refractivity (Wildman–Crippen MR) is 149 cm³/mol. The minimum absolute atomic E-state index is 0.0215. The lowest BCUT2D eigenvalue weighted by Crippen LogP contribution is -2.39. The Labute approximate surface area is 241 Å². The van der Waals surface area contributed by atoms with Crippen LogP contribution in [-0.4, -0.2) is 65.2 Å². The maximum absolute atomic E-state index is 13.0. The number of nitrogens with one attached hydrogen (secondary N) is 1. The van der Waals surface area contributed by atoms with E-state index in [1.807, 2.05) is 0 Å². The average Bonchev–Trinajstić information content (AvgIpc) is 3.40. The average molecular weight is 590 g/mol. The zero-order valence-electron chi connectivity index (χ0n) is 23.7. The first-order chi connectivity index (χ1) is 19.9. The lowest BCUT2D eigenvalue weighted by molar-refractivity contribution is -0.274. The number of benzene rings is 2. The number of carbonyl (C=O) groups excluding carboxylic acids is 2. The molecule has 2 amide bonds. The fourth-order valence-corrected chi connectivity index (χ4v) is 4.37. The molecule has 42 heavy (non-hydrogen) atoms. The molecule has 2 aromatic carbocycles. The molecule has 0 atom stereocenters. The number of piperidine rings is 1. The predicted octanol–water partition coefficient (Wildman–Crippen LogP) is 6.51. The minimum Gasteiger partial charge on any atom is -0.443 e. The van der Waals surface area contributed by atoms with Crippen molar-refractivity contribution in [2.45, 2.75) is 58.4 Å². The van der Waals surface area contributed by atoms with E-state index < -0.39 is 29.7 Å². The molecular formula is C29H34F3N5O5. The Bertz CT molecular complexity index is 1330. The van der Waals surface area contributed by atoms with Gasteiger partial charge in [0.15, 0.2) is 0 Å². The van der Waals surface area contributed by atoms with E-state index in [0.29, 0.717) is 24.2 Å². The highest BCUT2D eigenvalue weighted by molar-refractivity contribution is 6.04. The third-order valence-corrected chi connectivity index (χ3v) is 6.30. The van der Waals surface area contributed by atoms with Crippen LogP contribution >= 0.6 is 0 Å². The fourth-order valence-electron chi connectivity index (χ4n) is 4.37. The standard InChI is InChI=1S/C29H34F3N5O5/c1-28(2,3)42-27(39)37(19-7-18-36-16-5-4-6-17-36)26-35-34-25(40-26)21-8-12-22(13-9-21)33-24(38)20-10-14-23(15-11-20)41-29(30,31)32/h8-15H,4-7,16-19H2,1-3H3,(H,33,38). The third kappa shape index (κ3) is 9.20. The molecule has 10 nitrogen and oxygen atoms in total. The molecule has 0 bridgehead atoms. The van der Waals surface area contributed by atoms with E-state index >= 15 is 0 Å². The van der Waals surface area contributed by atoms with Crippen molar-refractivity contribution in [3.05, 3.63) is 54.1 Å².